The third-order valence-corrected chi connectivity index (χ3v) is 2.92. The van der Waals surface area contributed by atoms with Crippen molar-refractivity contribution in [3.8, 4) is 0 Å². The van der Waals surface area contributed by atoms with Gasteiger partial charge in [0.15, 0.2) is 0 Å². The van der Waals surface area contributed by atoms with Gasteiger partial charge < -0.3 is 10.0 Å². The molecule has 1 heterocycles. The summed E-state index contributed by atoms with van der Waals surface area (Å²) in [6.45, 7) is 8.29. The van der Waals surface area contributed by atoms with Crippen molar-refractivity contribution in [1.29, 1.82) is 0 Å². The molecule has 0 aliphatic carbocycles. The maximum absolute atomic E-state index is 12.1. The quantitative estimate of drug-likeness (QED) is 0.689. The summed E-state index contributed by atoms with van der Waals surface area (Å²) in [5.41, 5.74) is 0. The van der Waals surface area contributed by atoms with Gasteiger partial charge in [-0.3, -0.25) is 14.5 Å². The number of carboxylic acid groups (broad SMARTS) is 1. The van der Waals surface area contributed by atoms with Crippen LogP contribution in [0.1, 0.15) is 19.8 Å². The molecule has 0 spiro atoms. The third-order valence-electron chi connectivity index (χ3n) is 2.92. The van der Waals surface area contributed by atoms with Gasteiger partial charge in [0.2, 0.25) is 5.91 Å². The lowest BCUT2D eigenvalue weighted by atomic mass is 10.1. The fourth-order valence-corrected chi connectivity index (χ4v) is 2.16. The van der Waals surface area contributed by atoms with Gasteiger partial charge in [0.25, 0.3) is 0 Å². The standard InChI is InChI=1S/C12H20N2O3/c1-3-5-13-7-8-14(6-4-2)12(17)10(13)9-11(15)16/h4,10H,2-3,5-9H2,1H3,(H,15,16). The maximum atomic E-state index is 12.1. The van der Waals surface area contributed by atoms with Crippen LogP contribution in [0.15, 0.2) is 12.7 Å². The zero-order chi connectivity index (χ0) is 12.8. The summed E-state index contributed by atoms with van der Waals surface area (Å²) in [7, 11) is 0. The Morgan fingerprint density at radius 1 is 1.59 bits per heavy atom. The average Bonchev–Trinajstić information content (AvgIpc) is 2.27. The minimum absolute atomic E-state index is 0.0907. The van der Waals surface area contributed by atoms with Gasteiger partial charge in [-0.05, 0) is 13.0 Å². The highest BCUT2D eigenvalue weighted by molar-refractivity contribution is 5.87. The molecule has 5 heteroatoms. The first-order chi connectivity index (χ1) is 8.10. The molecule has 1 N–H and O–H groups in total. The number of carbonyl (C=O) groups is 2. The van der Waals surface area contributed by atoms with Crippen molar-refractivity contribution in [1.82, 2.24) is 9.80 Å². The predicted octanol–water partition coefficient (Wildman–Crippen LogP) is 0.570. The number of aliphatic carboxylic acids is 1. The van der Waals surface area contributed by atoms with E-state index in [2.05, 4.69) is 6.58 Å². The molecule has 1 saturated heterocycles. The van der Waals surface area contributed by atoms with Gasteiger partial charge in [-0.2, -0.15) is 0 Å². The van der Waals surface area contributed by atoms with Gasteiger partial charge in [0.1, 0.15) is 0 Å². The zero-order valence-corrected chi connectivity index (χ0v) is 10.3. The van der Waals surface area contributed by atoms with Crippen molar-refractivity contribution >= 4 is 11.9 Å². The molecule has 0 aromatic rings. The summed E-state index contributed by atoms with van der Waals surface area (Å²) in [5.74, 6) is -1.02. The van der Waals surface area contributed by atoms with Crippen molar-refractivity contribution in [2.24, 2.45) is 0 Å². The molecule has 0 aromatic heterocycles. The molecule has 96 valence electrons. The normalized spacial score (nSPS) is 21.6. The van der Waals surface area contributed by atoms with Crippen LogP contribution in [0.4, 0.5) is 0 Å². The van der Waals surface area contributed by atoms with E-state index in [1.165, 1.54) is 0 Å². The third kappa shape index (κ3) is 3.56. The minimum Gasteiger partial charge on any atom is -0.481 e. The second kappa shape index (κ2) is 6.39. The van der Waals surface area contributed by atoms with Crippen LogP contribution in [0.25, 0.3) is 0 Å². The smallest absolute Gasteiger partial charge is 0.305 e. The largest absolute Gasteiger partial charge is 0.481 e. The van der Waals surface area contributed by atoms with Crippen LogP contribution in [0, 0.1) is 0 Å². The first-order valence-corrected chi connectivity index (χ1v) is 5.95. The molecular weight excluding hydrogens is 220 g/mol. The number of carbonyl (C=O) groups excluding carboxylic acids is 1. The van der Waals surface area contributed by atoms with Gasteiger partial charge in [0, 0.05) is 19.6 Å². The lowest BCUT2D eigenvalue weighted by Gasteiger charge is -2.39. The lowest BCUT2D eigenvalue weighted by Crippen LogP contribution is -2.57. The fourth-order valence-electron chi connectivity index (χ4n) is 2.16. The monoisotopic (exact) mass is 240 g/mol. The molecule has 0 radical (unpaired) electrons. The highest BCUT2D eigenvalue weighted by Gasteiger charge is 2.34. The summed E-state index contributed by atoms with van der Waals surface area (Å²) in [6.07, 6.45) is 2.47. The Morgan fingerprint density at radius 3 is 2.82 bits per heavy atom. The minimum atomic E-state index is -0.926. The number of hydrogen-bond donors (Lipinski definition) is 1. The van der Waals surface area contributed by atoms with Crippen LogP contribution in [-0.2, 0) is 9.59 Å². The molecule has 1 atom stereocenters. The van der Waals surface area contributed by atoms with E-state index < -0.39 is 12.0 Å². The van der Waals surface area contributed by atoms with Crippen LogP contribution in [0.2, 0.25) is 0 Å². The second-order valence-corrected chi connectivity index (χ2v) is 4.22. The van der Waals surface area contributed by atoms with E-state index in [-0.39, 0.29) is 12.3 Å². The van der Waals surface area contributed by atoms with Gasteiger partial charge in [-0.15, -0.1) is 6.58 Å². The average molecular weight is 240 g/mol. The molecule has 0 saturated carbocycles. The van der Waals surface area contributed by atoms with E-state index in [1.807, 2.05) is 11.8 Å². The Bertz CT molecular complexity index is 304. The van der Waals surface area contributed by atoms with Gasteiger partial charge >= 0.3 is 5.97 Å². The number of piperazine rings is 1. The number of hydrogen-bond acceptors (Lipinski definition) is 3. The molecule has 1 fully saturated rings. The molecule has 0 aromatic carbocycles. The molecule has 1 unspecified atom stereocenters. The Kier molecular flexibility index (Phi) is 5.15. The summed E-state index contributed by atoms with van der Waals surface area (Å²) < 4.78 is 0. The molecule has 5 nitrogen and oxygen atoms in total. The fraction of sp³-hybridized carbons (Fsp3) is 0.667. The number of amides is 1. The van der Waals surface area contributed by atoms with Crippen LogP contribution in [0.5, 0.6) is 0 Å². The highest BCUT2D eigenvalue weighted by Crippen LogP contribution is 2.15. The predicted molar refractivity (Wildman–Crippen MR) is 64.7 cm³/mol. The van der Waals surface area contributed by atoms with E-state index in [0.29, 0.717) is 13.1 Å². The van der Waals surface area contributed by atoms with Crippen molar-refractivity contribution in [2.45, 2.75) is 25.8 Å². The highest BCUT2D eigenvalue weighted by atomic mass is 16.4. The summed E-state index contributed by atoms with van der Waals surface area (Å²) in [6, 6.07) is -0.513. The van der Waals surface area contributed by atoms with E-state index in [0.717, 1.165) is 19.5 Å². The Hall–Kier alpha value is -1.36. The molecule has 1 amide bonds. The lowest BCUT2D eigenvalue weighted by molar-refractivity contribution is -0.148. The van der Waals surface area contributed by atoms with Gasteiger partial charge in [-0.1, -0.05) is 13.0 Å². The van der Waals surface area contributed by atoms with E-state index in [9.17, 15) is 9.59 Å². The van der Waals surface area contributed by atoms with E-state index in [1.54, 1.807) is 11.0 Å². The van der Waals surface area contributed by atoms with Crippen molar-refractivity contribution in [3.63, 3.8) is 0 Å². The van der Waals surface area contributed by atoms with Crippen molar-refractivity contribution < 1.29 is 14.7 Å². The first-order valence-electron chi connectivity index (χ1n) is 5.95. The summed E-state index contributed by atoms with van der Waals surface area (Å²) in [4.78, 5) is 26.6. The molecule has 1 aliphatic rings. The van der Waals surface area contributed by atoms with E-state index in [4.69, 9.17) is 5.11 Å². The zero-order valence-electron chi connectivity index (χ0n) is 10.3. The topological polar surface area (TPSA) is 60.9 Å². The van der Waals surface area contributed by atoms with Gasteiger partial charge in [0.05, 0.1) is 12.5 Å². The molecule has 17 heavy (non-hydrogen) atoms. The summed E-state index contributed by atoms with van der Waals surface area (Å²) >= 11 is 0. The number of carboxylic acids is 1. The number of rotatable bonds is 6. The first kappa shape index (κ1) is 13.7. The Morgan fingerprint density at radius 2 is 2.29 bits per heavy atom. The van der Waals surface area contributed by atoms with Crippen LogP contribution in [0.3, 0.4) is 0 Å². The van der Waals surface area contributed by atoms with Crippen molar-refractivity contribution in [2.75, 3.05) is 26.2 Å². The Balaban J connectivity index is 2.74. The number of nitrogens with zero attached hydrogens (tertiary/aromatic N) is 2. The maximum Gasteiger partial charge on any atom is 0.305 e. The van der Waals surface area contributed by atoms with Crippen molar-refractivity contribution in [3.05, 3.63) is 12.7 Å². The molecule has 1 aliphatic heterocycles. The van der Waals surface area contributed by atoms with Crippen LogP contribution in [-0.4, -0.2) is 59.0 Å². The Labute approximate surface area is 102 Å². The molecular formula is C12H20N2O3. The SMILES string of the molecule is C=CCN1CCN(CCC)C(CC(=O)O)C1=O. The van der Waals surface area contributed by atoms with Crippen LogP contribution < -0.4 is 0 Å². The summed E-state index contributed by atoms with van der Waals surface area (Å²) in [5, 5.41) is 8.87. The molecule has 0 bridgehead atoms. The second-order valence-electron chi connectivity index (χ2n) is 4.22. The molecule has 1 rings (SSSR count). The van der Waals surface area contributed by atoms with E-state index >= 15 is 0 Å². The van der Waals surface area contributed by atoms with Gasteiger partial charge in [-0.25, -0.2) is 0 Å². The van der Waals surface area contributed by atoms with Crippen LogP contribution >= 0.6 is 0 Å².